The molecule has 4 heteroatoms. The molecule has 94 valence electrons. The lowest BCUT2D eigenvalue weighted by atomic mass is 10.1. The van der Waals surface area contributed by atoms with Crippen LogP contribution >= 0.6 is 11.8 Å². The highest BCUT2D eigenvalue weighted by molar-refractivity contribution is 7.98. The van der Waals surface area contributed by atoms with Gasteiger partial charge in [0.05, 0.1) is 5.60 Å². The van der Waals surface area contributed by atoms with Crippen LogP contribution in [0.15, 0.2) is 0 Å². The number of nitrogens with zero attached hydrogens (tertiary/aromatic N) is 1. The molecule has 0 aromatic heterocycles. The molecule has 2 fully saturated rings. The van der Waals surface area contributed by atoms with Crippen molar-refractivity contribution in [3.8, 4) is 0 Å². The Hall–Kier alpha value is 0.230. The Labute approximate surface area is 103 Å². The number of rotatable bonds is 6. The summed E-state index contributed by atoms with van der Waals surface area (Å²) in [6.45, 7) is 5.06. The van der Waals surface area contributed by atoms with Crippen molar-refractivity contribution in [3.63, 3.8) is 0 Å². The molecule has 0 spiro atoms. The van der Waals surface area contributed by atoms with Gasteiger partial charge in [0.25, 0.3) is 0 Å². The normalized spacial score (nSPS) is 30.6. The fraction of sp³-hybridized carbons (Fsp3) is 1.00. The van der Waals surface area contributed by atoms with E-state index in [1.54, 1.807) is 11.8 Å². The molecular formula is C12H24N2OS. The Morgan fingerprint density at radius 3 is 2.81 bits per heavy atom. The lowest BCUT2D eigenvalue weighted by molar-refractivity contribution is 0.0816. The van der Waals surface area contributed by atoms with Crippen LogP contribution < -0.4 is 5.32 Å². The van der Waals surface area contributed by atoms with Crippen LogP contribution in [0.2, 0.25) is 0 Å². The first-order chi connectivity index (χ1) is 7.61. The minimum Gasteiger partial charge on any atom is -0.388 e. The predicted molar refractivity (Wildman–Crippen MR) is 70.0 cm³/mol. The first kappa shape index (κ1) is 12.7. The van der Waals surface area contributed by atoms with Crippen LogP contribution in [0.25, 0.3) is 0 Å². The van der Waals surface area contributed by atoms with Crippen LogP contribution in [0.3, 0.4) is 0 Å². The second-order valence-corrected chi connectivity index (χ2v) is 6.39. The summed E-state index contributed by atoms with van der Waals surface area (Å²) < 4.78 is 0. The molecule has 2 unspecified atom stereocenters. The number of thioether (sulfide) groups is 1. The molecular weight excluding hydrogens is 220 g/mol. The van der Waals surface area contributed by atoms with E-state index in [0.29, 0.717) is 6.04 Å². The van der Waals surface area contributed by atoms with Gasteiger partial charge in [-0.25, -0.2) is 0 Å². The molecule has 2 atom stereocenters. The van der Waals surface area contributed by atoms with Gasteiger partial charge in [0, 0.05) is 37.5 Å². The van der Waals surface area contributed by atoms with Crippen LogP contribution in [0.1, 0.15) is 26.2 Å². The van der Waals surface area contributed by atoms with Gasteiger partial charge >= 0.3 is 0 Å². The van der Waals surface area contributed by atoms with Crippen molar-refractivity contribution < 1.29 is 5.11 Å². The summed E-state index contributed by atoms with van der Waals surface area (Å²) in [7, 11) is 0. The van der Waals surface area contributed by atoms with Crippen molar-refractivity contribution in [1.82, 2.24) is 10.2 Å². The quantitative estimate of drug-likeness (QED) is 0.728. The van der Waals surface area contributed by atoms with Gasteiger partial charge in [-0.15, -0.1) is 0 Å². The maximum atomic E-state index is 10.1. The van der Waals surface area contributed by atoms with Crippen molar-refractivity contribution in [3.05, 3.63) is 0 Å². The average molecular weight is 244 g/mol. The third-order valence-electron chi connectivity index (χ3n) is 3.51. The fourth-order valence-electron chi connectivity index (χ4n) is 2.45. The summed E-state index contributed by atoms with van der Waals surface area (Å²) in [6, 6.07) is 1.48. The lowest BCUT2D eigenvalue weighted by Crippen LogP contribution is -2.45. The van der Waals surface area contributed by atoms with Gasteiger partial charge in [-0.3, -0.25) is 4.90 Å². The fourth-order valence-corrected chi connectivity index (χ4v) is 3.18. The molecule has 1 saturated carbocycles. The molecule has 0 bridgehead atoms. The maximum Gasteiger partial charge on any atom is 0.0833 e. The number of aliphatic hydroxyl groups is 1. The second kappa shape index (κ2) is 5.25. The molecule has 0 aromatic carbocycles. The van der Waals surface area contributed by atoms with Gasteiger partial charge in [0.2, 0.25) is 0 Å². The van der Waals surface area contributed by atoms with Crippen molar-refractivity contribution >= 4 is 11.8 Å². The van der Waals surface area contributed by atoms with E-state index >= 15 is 0 Å². The van der Waals surface area contributed by atoms with Gasteiger partial charge in [-0.1, -0.05) is 0 Å². The third kappa shape index (κ3) is 3.62. The highest BCUT2D eigenvalue weighted by atomic mass is 32.2. The van der Waals surface area contributed by atoms with Gasteiger partial charge in [-0.2, -0.15) is 11.8 Å². The summed E-state index contributed by atoms with van der Waals surface area (Å²) in [5, 5.41) is 13.6. The first-order valence-electron chi connectivity index (χ1n) is 6.29. The molecule has 0 radical (unpaired) electrons. The van der Waals surface area contributed by atoms with Crippen LogP contribution in [0.5, 0.6) is 0 Å². The zero-order chi connectivity index (χ0) is 11.6. The van der Waals surface area contributed by atoms with E-state index in [1.165, 1.54) is 32.4 Å². The van der Waals surface area contributed by atoms with E-state index in [9.17, 15) is 5.11 Å². The lowest BCUT2D eigenvalue weighted by Gasteiger charge is -2.25. The molecule has 3 nitrogen and oxygen atoms in total. The van der Waals surface area contributed by atoms with E-state index < -0.39 is 5.60 Å². The Bertz CT molecular complexity index is 231. The number of hydrogen-bond acceptors (Lipinski definition) is 4. The average Bonchev–Trinajstić information content (AvgIpc) is 2.95. The molecule has 1 aliphatic carbocycles. The minimum atomic E-state index is -0.563. The topological polar surface area (TPSA) is 35.5 Å². The van der Waals surface area contributed by atoms with Gasteiger partial charge in [-0.05, 0) is 32.4 Å². The SMILES string of the molecule is CSCC(C)(O)CNC1CCN(C2CC2)C1. The number of hydrogen-bond donors (Lipinski definition) is 2. The monoisotopic (exact) mass is 244 g/mol. The van der Waals surface area contributed by atoms with E-state index in [1.807, 2.05) is 13.2 Å². The zero-order valence-electron chi connectivity index (χ0n) is 10.4. The van der Waals surface area contributed by atoms with E-state index in [4.69, 9.17) is 0 Å². The first-order valence-corrected chi connectivity index (χ1v) is 7.69. The number of likely N-dealkylation sites (tertiary alicyclic amines) is 1. The van der Waals surface area contributed by atoms with Gasteiger partial charge in [0.15, 0.2) is 0 Å². The second-order valence-electron chi connectivity index (χ2n) is 5.52. The summed E-state index contributed by atoms with van der Waals surface area (Å²) in [4.78, 5) is 2.60. The van der Waals surface area contributed by atoms with Crippen molar-refractivity contribution in [2.24, 2.45) is 0 Å². The Balaban J connectivity index is 1.66. The Morgan fingerprint density at radius 1 is 1.44 bits per heavy atom. The van der Waals surface area contributed by atoms with Crippen molar-refractivity contribution in [2.75, 3.05) is 31.6 Å². The predicted octanol–water partition coefficient (Wildman–Crippen LogP) is 0.927. The number of nitrogens with one attached hydrogen (secondary N) is 1. The molecule has 1 aliphatic heterocycles. The Kier molecular flexibility index (Phi) is 4.16. The van der Waals surface area contributed by atoms with Crippen LogP contribution in [-0.4, -0.2) is 59.3 Å². The largest absolute Gasteiger partial charge is 0.388 e. The molecule has 2 rings (SSSR count). The standard InChI is InChI=1S/C12H24N2OS/c1-12(15,9-16-2)8-13-10-5-6-14(7-10)11-3-4-11/h10-11,13,15H,3-9H2,1-2H3. The minimum absolute atomic E-state index is 0.563. The van der Waals surface area contributed by atoms with Crippen molar-refractivity contribution in [1.29, 1.82) is 0 Å². The van der Waals surface area contributed by atoms with E-state index in [-0.39, 0.29) is 0 Å². The van der Waals surface area contributed by atoms with E-state index in [2.05, 4.69) is 10.2 Å². The van der Waals surface area contributed by atoms with Crippen LogP contribution in [-0.2, 0) is 0 Å². The smallest absolute Gasteiger partial charge is 0.0833 e. The molecule has 0 aromatic rings. The third-order valence-corrected chi connectivity index (χ3v) is 4.42. The summed E-state index contributed by atoms with van der Waals surface area (Å²) in [6.07, 6.45) is 6.08. The molecule has 1 heterocycles. The molecule has 0 amide bonds. The summed E-state index contributed by atoms with van der Waals surface area (Å²) in [5.74, 6) is 0.805. The van der Waals surface area contributed by atoms with Gasteiger partial charge < -0.3 is 10.4 Å². The maximum absolute atomic E-state index is 10.1. The molecule has 2 aliphatic rings. The molecule has 16 heavy (non-hydrogen) atoms. The Morgan fingerprint density at radius 2 is 2.19 bits per heavy atom. The molecule has 2 N–H and O–H groups in total. The van der Waals surface area contributed by atoms with Gasteiger partial charge in [0.1, 0.15) is 0 Å². The summed E-state index contributed by atoms with van der Waals surface area (Å²) in [5.41, 5.74) is -0.563. The van der Waals surface area contributed by atoms with Crippen LogP contribution in [0, 0.1) is 0 Å². The zero-order valence-corrected chi connectivity index (χ0v) is 11.2. The van der Waals surface area contributed by atoms with Crippen LogP contribution in [0.4, 0.5) is 0 Å². The van der Waals surface area contributed by atoms with E-state index in [0.717, 1.165) is 18.3 Å². The summed E-state index contributed by atoms with van der Waals surface area (Å²) >= 11 is 1.71. The highest BCUT2D eigenvalue weighted by Gasteiger charge is 2.34. The highest BCUT2D eigenvalue weighted by Crippen LogP contribution is 2.29. The molecule has 1 saturated heterocycles. The van der Waals surface area contributed by atoms with Crippen molar-refractivity contribution in [2.45, 2.75) is 43.9 Å².